The number of aliphatic hydroxyl groups is 1. The maximum absolute atomic E-state index is 9.02. The molecule has 1 N–H and O–H groups in total. The topological polar surface area (TPSA) is 23.5 Å². The number of nitrogens with zero attached hydrogens (tertiary/aromatic N) is 1. The number of benzene rings is 1. The molecule has 1 aromatic carbocycles. The summed E-state index contributed by atoms with van der Waals surface area (Å²) in [6, 6.07) is 9.40. The zero-order valence-electron chi connectivity index (χ0n) is 8.89. The first-order valence-electron chi connectivity index (χ1n) is 5.84. The Kier molecular flexibility index (Phi) is 2.17. The van der Waals surface area contributed by atoms with Crippen LogP contribution in [0.1, 0.15) is 18.4 Å². The maximum Gasteiger partial charge on any atom is 0.0460 e. The summed E-state index contributed by atoms with van der Waals surface area (Å²) >= 11 is 0. The van der Waals surface area contributed by atoms with Crippen molar-refractivity contribution in [1.82, 2.24) is 0 Å². The molecule has 15 heavy (non-hydrogen) atoms. The Bertz CT molecular complexity index is 357. The van der Waals surface area contributed by atoms with Crippen LogP contribution in [-0.2, 0) is 6.42 Å². The highest BCUT2D eigenvalue weighted by atomic mass is 16.3. The summed E-state index contributed by atoms with van der Waals surface area (Å²) in [5.74, 6) is 0.558. The highest BCUT2D eigenvalue weighted by Gasteiger charge is 2.35. The summed E-state index contributed by atoms with van der Waals surface area (Å²) < 4.78 is 0. The molecule has 1 aliphatic carbocycles. The van der Waals surface area contributed by atoms with Crippen molar-refractivity contribution in [3.05, 3.63) is 29.8 Å². The lowest BCUT2D eigenvalue weighted by atomic mass is 9.80. The molecule has 80 valence electrons. The number of fused-ring (bicyclic) bond motifs is 1. The molecule has 1 heterocycles. The summed E-state index contributed by atoms with van der Waals surface area (Å²) in [5.41, 5.74) is 2.92. The molecule has 1 aliphatic heterocycles. The Hall–Kier alpha value is -1.02. The first-order valence-corrected chi connectivity index (χ1v) is 5.84. The van der Waals surface area contributed by atoms with Gasteiger partial charge >= 0.3 is 0 Å². The van der Waals surface area contributed by atoms with Gasteiger partial charge in [0.1, 0.15) is 0 Å². The van der Waals surface area contributed by atoms with Crippen LogP contribution in [0.25, 0.3) is 0 Å². The van der Waals surface area contributed by atoms with Crippen LogP contribution in [0.2, 0.25) is 0 Å². The second kappa shape index (κ2) is 3.53. The van der Waals surface area contributed by atoms with Crippen LogP contribution in [0.3, 0.4) is 0 Å². The second-order valence-electron chi connectivity index (χ2n) is 4.75. The molecular formula is C13H17NO. The number of rotatable bonds is 2. The van der Waals surface area contributed by atoms with E-state index in [2.05, 4.69) is 29.2 Å². The van der Waals surface area contributed by atoms with Gasteiger partial charge < -0.3 is 10.0 Å². The SMILES string of the molecule is OCC1CC(N2CCc3ccccc32)C1. The van der Waals surface area contributed by atoms with Crippen molar-refractivity contribution in [3.63, 3.8) is 0 Å². The average Bonchev–Trinajstić information content (AvgIpc) is 2.61. The van der Waals surface area contributed by atoms with E-state index in [9.17, 15) is 0 Å². The van der Waals surface area contributed by atoms with Crippen molar-refractivity contribution in [2.45, 2.75) is 25.3 Å². The van der Waals surface area contributed by atoms with Crippen LogP contribution < -0.4 is 4.90 Å². The second-order valence-corrected chi connectivity index (χ2v) is 4.75. The van der Waals surface area contributed by atoms with E-state index in [4.69, 9.17) is 5.11 Å². The van der Waals surface area contributed by atoms with Crippen molar-refractivity contribution in [3.8, 4) is 0 Å². The third kappa shape index (κ3) is 1.44. The lowest BCUT2D eigenvalue weighted by Crippen LogP contribution is -2.45. The van der Waals surface area contributed by atoms with E-state index in [1.54, 1.807) is 0 Å². The van der Waals surface area contributed by atoms with Crippen LogP contribution in [0.5, 0.6) is 0 Å². The van der Waals surface area contributed by atoms with Crippen molar-refractivity contribution in [1.29, 1.82) is 0 Å². The molecule has 3 rings (SSSR count). The highest BCUT2D eigenvalue weighted by molar-refractivity contribution is 5.58. The molecule has 1 aromatic rings. The molecule has 1 saturated carbocycles. The van der Waals surface area contributed by atoms with E-state index in [1.807, 2.05) is 0 Å². The fraction of sp³-hybridized carbons (Fsp3) is 0.538. The number of aliphatic hydroxyl groups excluding tert-OH is 1. The monoisotopic (exact) mass is 203 g/mol. The molecule has 0 aromatic heterocycles. The van der Waals surface area contributed by atoms with Crippen LogP contribution in [-0.4, -0.2) is 24.3 Å². The molecule has 0 saturated heterocycles. The van der Waals surface area contributed by atoms with Crippen LogP contribution in [0.4, 0.5) is 5.69 Å². The van der Waals surface area contributed by atoms with Crippen LogP contribution >= 0.6 is 0 Å². The minimum absolute atomic E-state index is 0.367. The van der Waals surface area contributed by atoms with E-state index in [1.165, 1.54) is 37.1 Å². The average molecular weight is 203 g/mol. The smallest absolute Gasteiger partial charge is 0.0460 e. The van der Waals surface area contributed by atoms with Gasteiger partial charge in [-0.15, -0.1) is 0 Å². The van der Waals surface area contributed by atoms with Gasteiger partial charge in [-0.2, -0.15) is 0 Å². The fourth-order valence-electron chi connectivity index (χ4n) is 2.85. The van der Waals surface area contributed by atoms with Gasteiger partial charge in [-0.05, 0) is 36.8 Å². The lowest BCUT2D eigenvalue weighted by Gasteiger charge is -2.42. The van der Waals surface area contributed by atoms with E-state index in [0.29, 0.717) is 18.6 Å². The number of anilines is 1. The number of hydrogen-bond acceptors (Lipinski definition) is 2. The Balaban J connectivity index is 1.75. The van der Waals surface area contributed by atoms with Crippen molar-refractivity contribution in [2.24, 2.45) is 5.92 Å². The molecule has 0 atom stereocenters. The quantitative estimate of drug-likeness (QED) is 0.792. The van der Waals surface area contributed by atoms with E-state index >= 15 is 0 Å². The van der Waals surface area contributed by atoms with Gasteiger partial charge in [-0.25, -0.2) is 0 Å². The largest absolute Gasteiger partial charge is 0.396 e. The molecule has 0 amide bonds. The third-order valence-electron chi connectivity index (χ3n) is 3.83. The predicted octanol–water partition coefficient (Wildman–Crippen LogP) is 1.82. The normalized spacial score (nSPS) is 28.7. The standard InChI is InChI=1S/C13H17NO/c15-9-10-7-12(8-10)14-6-5-11-3-1-2-4-13(11)14/h1-4,10,12,15H,5-9H2. The van der Waals surface area contributed by atoms with E-state index in [0.717, 1.165) is 0 Å². The highest BCUT2D eigenvalue weighted by Crippen LogP contribution is 2.38. The van der Waals surface area contributed by atoms with Crippen molar-refractivity contribution < 1.29 is 5.11 Å². The fourth-order valence-corrected chi connectivity index (χ4v) is 2.85. The Morgan fingerprint density at radius 2 is 2.07 bits per heavy atom. The zero-order chi connectivity index (χ0) is 10.3. The van der Waals surface area contributed by atoms with Crippen LogP contribution in [0, 0.1) is 5.92 Å². The summed E-state index contributed by atoms with van der Waals surface area (Å²) in [7, 11) is 0. The molecule has 0 bridgehead atoms. The van der Waals surface area contributed by atoms with Gasteiger partial charge in [0.05, 0.1) is 0 Å². The maximum atomic E-state index is 9.02. The molecule has 0 unspecified atom stereocenters. The van der Waals surface area contributed by atoms with Crippen molar-refractivity contribution in [2.75, 3.05) is 18.1 Å². The first-order chi connectivity index (χ1) is 7.38. The van der Waals surface area contributed by atoms with Gasteiger partial charge in [-0.1, -0.05) is 18.2 Å². The summed E-state index contributed by atoms with van der Waals surface area (Å²) in [6.45, 7) is 1.54. The summed E-state index contributed by atoms with van der Waals surface area (Å²) in [4.78, 5) is 2.53. The molecule has 2 aliphatic rings. The molecule has 2 nitrogen and oxygen atoms in total. The molecular weight excluding hydrogens is 186 g/mol. The lowest BCUT2D eigenvalue weighted by molar-refractivity contribution is 0.140. The number of para-hydroxylation sites is 1. The van der Waals surface area contributed by atoms with Gasteiger partial charge in [0.15, 0.2) is 0 Å². The zero-order valence-corrected chi connectivity index (χ0v) is 8.89. The molecule has 0 radical (unpaired) electrons. The molecule has 0 spiro atoms. The Morgan fingerprint density at radius 1 is 1.27 bits per heavy atom. The van der Waals surface area contributed by atoms with Gasteiger partial charge in [0.25, 0.3) is 0 Å². The first kappa shape index (κ1) is 9.22. The summed E-state index contributed by atoms with van der Waals surface area (Å²) in [5, 5.41) is 9.02. The Labute approximate surface area is 90.5 Å². The van der Waals surface area contributed by atoms with Gasteiger partial charge in [0.2, 0.25) is 0 Å². The van der Waals surface area contributed by atoms with Gasteiger partial charge in [-0.3, -0.25) is 0 Å². The molecule has 1 fully saturated rings. The minimum atomic E-state index is 0.367. The minimum Gasteiger partial charge on any atom is -0.396 e. The summed E-state index contributed by atoms with van der Waals surface area (Å²) in [6.07, 6.45) is 3.53. The third-order valence-corrected chi connectivity index (χ3v) is 3.83. The van der Waals surface area contributed by atoms with Gasteiger partial charge in [0, 0.05) is 24.9 Å². The van der Waals surface area contributed by atoms with E-state index in [-0.39, 0.29) is 0 Å². The van der Waals surface area contributed by atoms with E-state index < -0.39 is 0 Å². The van der Waals surface area contributed by atoms with Crippen molar-refractivity contribution >= 4 is 5.69 Å². The molecule has 2 heteroatoms. The number of hydrogen-bond donors (Lipinski definition) is 1. The Morgan fingerprint density at radius 3 is 2.87 bits per heavy atom. The predicted molar refractivity (Wildman–Crippen MR) is 61.1 cm³/mol. The van der Waals surface area contributed by atoms with Crippen LogP contribution in [0.15, 0.2) is 24.3 Å².